The summed E-state index contributed by atoms with van der Waals surface area (Å²) in [7, 11) is 0. The van der Waals surface area contributed by atoms with Crippen molar-refractivity contribution >= 4 is 17.7 Å². The molecule has 8 heteroatoms. The molecule has 2 aromatic rings. The van der Waals surface area contributed by atoms with E-state index in [1.165, 1.54) is 4.68 Å². The lowest BCUT2D eigenvalue weighted by Crippen LogP contribution is -2.22. The highest BCUT2D eigenvalue weighted by Gasteiger charge is 2.16. The molecule has 0 saturated carbocycles. The molecule has 0 aliphatic rings. The van der Waals surface area contributed by atoms with E-state index in [0.717, 1.165) is 17.4 Å². The third-order valence-corrected chi connectivity index (χ3v) is 3.09. The molecular weight excluding hydrogens is 256 g/mol. The fourth-order valence-electron chi connectivity index (χ4n) is 1.22. The molecule has 2 rings (SSSR count). The van der Waals surface area contributed by atoms with Gasteiger partial charge < -0.3 is 10.2 Å². The van der Waals surface area contributed by atoms with Gasteiger partial charge >= 0.3 is 5.97 Å². The van der Waals surface area contributed by atoms with Crippen LogP contribution < -0.4 is 0 Å². The largest absolute Gasteiger partial charge is 0.479 e. The second-order valence-electron chi connectivity index (χ2n) is 3.37. The summed E-state index contributed by atoms with van der Waals surface area (Å²) >= 11 is 1.08. The first-order valence-electron chi connectivity index (χ1n) is 5.06. The topological polar surface area (TPSA) is 101 Å². The van der Waals surface area contributed by atoms with Crippen LogP contribution in [0.4, 0.5) is 0 Å². The maximum Gasteiger partial charge on any atom is 0.333 e. The van der Waals surface area contributed by atoms with Gasteiger partial charge in [0.2, 0.25) is 5.16 Å². The van der Waals surface area contributed by atoms with E-state index in [-0.39, 0.29) is 5.75 Å². The highest BCUT2D eigenvalue weighted by atomic mass is 32.2. The molecule has 0 radical (unpaired) electrons. The van der Waals surface area contributed by atoms with Gasteiger partial charge in [-0.2, -0.15) is 4.68 Å². The van der Waals surface area contributed by atoms with Gasteiger partial charge in [0.25, 0.3) is 0 Å². The number of hydrogen-bond donors (Lipinski definition) is 2. The minimum absolute atomic E-state index is 0.0114. The number of carbonyl (C=O) groups is 1. The van der Waals surface area contributed by atoms with E-state index in [2.05, 4.69) is 15.5 Å². The quantitative estimate of drug-likeness (QED) is 0.745. The van der Waals surface area contributed by atoms with Crippen molar-refractivity contribution in [1.82, 2.24) is 20.2 Å². The van der Waals surface area contributed by atoms with Gasteiger partial charge in [-0.3, -0.25) is 0 Å². The van der Waals surface area contributed by atoms with E-state index < -0.39 is 12.1 Å². The average Bonchev–Trinajstić information content (AvgIpc) is 2.85. The predicted molar refractivity (Wildman–Crippen MR) is 63.5 cm³/mol. The molecule has 7 nitrogen and oxygen atoms in total. The van der Waals surface area contributed by atoms with E-state index in [1.54, 1.807) is 0 Å². The molecule has 0 unspecified atom stereocenters. The number of nitrogens with zero attached hydrogens (tertiary/aromatic N) is 4. The van der Waals surface area contributed by atoms with E-state index >= 15 is 0 Å². The summed E-state index contributed by atoms with van der Waals surface area (Å²) < 4.78 is 1.49. The van der Waals surface area contributed by atoms with E-state index in [9.17, 15) is 9.90 Å². The van der Waals surface area contributed by atoms with Crippen LogP contribution in [0.25, 0.3) is 5.69 Å². The molecule has 0 bridgehead atoms. The number of carboxylic acid groups (broad SMARTS) is 1. The number of tetrazole rings is 1. The summed E-state index contributed by atoms with van der Waals surface area (Å²) in [6.07, 6.45) is -1.43. The summed E-state index contributed by atoms with van der Waals surface area (Å²) in [5.74, 6) is -1.27. The molecule has 18 heavy (non-hydrogen) atoms. The van der Waals surface area contributed by atoms with Crippen LogP contribution >= 0.6 is 11.8 Å². The summed E-state index contributed by atoms with van der Waals surface area (Å²) in [5, 5.41) is 29.3. The first kappa shape index (κ1) is 12.5. The van der Waals surface area contributed by atoms with Gasteiger partial charge in [-0.25, -0.2) is 4.79 Å². The third-order valence-electron chi connectivity index (χ3n) is 2.10. The summed E-state index contributed by atoms with van der Waals surface area (Å²) in [6.45, 7) is 0. The Kier molecular flexibility index (Phi) is 3.90. The second-order valence-corrected chi connectivity index (χ2v) is 4.36. The van der Waals surface area contributed by atoms with Crippen LogP contribution in [0.2, 0.25) is 0 Å². The molecule has 0 aliphatic carbocycles. The first-order valence-corrected chi connectivity index (χ1v) is 6.04. The van der Waals surface area contributed by atoms with E-state index in [1.807, 2.05) is 30.3 Å². The molecule has 0 aliphatic heterocycles. The molecule has 2 N–H and O–H groups in total. The standard InChI is InChI=1S/C10H10N4O3S/c15-8(9(16)17)6-18-10-11-12-13-14(10)7-4-2-1-3-5-7/h1-5,8,15H,6H2,(H,16,17)/t8-/m0/s1. The minimum Gasteiger partial charge on any atom is -0.479 e. The zero-order chi connectivity index (χ0) is 13.0. The van der Waals surface area contributed by atoms with Crippen molar-refractivity contribution in [1.29, 1.82) is 0 Å². The number of aliphatic carboxylic acids is 1. The molecule has 0 amide bonds. The summed E-state index contributed by atoms with van der Waals surface area (Å²) in [5.41, 5.74) is 0.773. The Hall–Kier alpha value is -1.93. The molecule has 0 spiro atoms. The van der Waals surface area contributed by atoms with Crippen molar-refractivity contribution in [3.63, 3.8) is 0 Å². The Morgan fingerprint density at radius 3 is 2.78 bits per heavy atom. The van der Waals surface area contributed by atoms with Gasteiger partial charge in [0.15, 0.2) is 6.10 Å². The molecule has 1 heterocycles. The first-order chi connectivity index (χ1) is 8.68. The maximum absolute atomic E-state index is 10.5. The number of benzene rings is 1. The van der Waals surface area contributed by atoms with Crippen molar-refractivity contribution in [2.45, 2.75) is 11.3 Å². The lowest BCUT2D eigenvalue weighted by molar-refractivity contribution is -0.145. The molecular formula is C10H10N4O3S. The Balaban J connectivity index is 2.12. The summed E-state index contributed by atoms with van der Waals surface area (Å²) in [6, 6.07) is 9.21. The van der Waals surface area contributed by atoms with E-state index in [0.29, 0.717) is 5.16 Å². The third kappa shape index (κ3) is 2.84. The number of aliphatic hydroxyl groups is 1. The molecule has 1 atom stereocenters. The Morgan fingerprint density at radius 2 is 2.11 bits per heavy atom. The predicted octanol–water partition coefficient (Wildman–Crippen LogP) is 0.200. The number of aromatic nitrogens is 4. The van der Waals surface area contributed by atoms with Gasteiger partial charge in [0.05, 0.1) is 5.69 Å². The summed E-state index contributed by atoms with van der Waals surface area (Å²) in [4.78, 5) is 10.5. The SMILES string of the molecule is O=C(O)[C@@H](O)CSc1nnnn1-c1ccccc1. The normalized spacial score (nSPS) is 12.3. The lowest BCUT2D eigenvalue weighted by atomic mass is 10.3. The van der Waals surface area contributed by atoms with E-state index in [4.69, 9.17) is 5.11 Å². The van der Waals surface area contributed by atoms with Crippen molar-refractivity contribution in [3.8, 4) is 5.69 Å². The maximum atomic E-state index is 10.5. The number of rotatable bonds is 5. The lowest BCUT2D eigenvalue weighted by Gasteiger charge is -2.05. The highest BCUT2D eigenvalue weighted by Crippen LogP contribution is 2.18. The fraction of sp³-hybridized carbons (Fsp3) is 0.200. The Labute approximate surface area is 106 Å². The van der Waals surface area contributed by atoms with Crippen LogP contribution in [0, 0.1) is 0 Å². The number of thioether (sulfide) groups is 1. The Bertz CT molecular complexity index is 531. The number of para-hydroxylation sites is 1. The highest BCUT2D eigenvalue weighted by molar-refractivity contribution is 7.99. The molecule has 0 fully saturated rings. The fourth-order valence-corrected chi connectivity index (χ4v) is 2.03. The van der Waals surface area contributed by atoms with Crippen molar-refractivity contribution in [2.75, 3.05) is 5.75 Å². The van der Waals surface area contributed by atoms with Crippen LogP contribution in [0.5, 0.6) is 0 Å². The van der Waals surface area contributed by atoms with Crippen molar-refractivity contribution in [3.05, 3.63) is 30.3 Å². The Morgan fingerprint density at radius 1 is 1.39 bits per heavy atom. The van der Waals surface area contributed by atoms with Crippen LogP contribution in [-0.2, 0) is 4.79 Å². The number of aliphatic hydroxyl groups excluding tert-OH is 1. The van der Waals surface area contributed by atoms with Crippen molar-refractivity contribution in [2.24, 2.45) is 0 Å². The minimum atomic E-state index is -1.43. The van der Waals surface area contributed by atoms with Crippen LogP contribution in [0.3, 0.4) is 0 Å². The smallest absolute Gasteiger partial charge is 0.333 e. The van der Waals surface area contributed by atoms with Gasteiger partial charge in [-0.05, 0) is 22.6 Å². The van der Waals surface area contributed by atoms with Crippen LogP contribution in [0.15, 0.2) is 35.5 Å². The van der Waals surface area contributed by atoms with Gasteiger partial charge in [-0.1, -0.05) is 30.0 Å². The molecule has 1 aromatic heterocycles. The zero-order valence-corrected chi connectivity index (χ0v) is 9.99. The van der Waals surface area contributed by atoms with Gasteiger partial charge in [0.1, 0.15) is 0 Å². The zero-order valence-electron chi connectivity index (χ0n) is 9.17. The van der Waals surface area contributed by atoms with Gasteiger partial charge in [-0.15, -0.1) is 5.10 Å². The average molecular weight is 266 g/mol. The number of carboxylic acids is 1. The molecule has 0 saturated heterocycles. The number of hydrogen-bond acceptors (Lipinski definition) is 6. The van der Waals surface area contributed by atoms with Crippen molar-refractivity contribution < 1.29 is 15.0 Å². The molecule has 94 valence electrons. The second kappa shape index (κ2) is 5.61. The molecule has 1 aromatic carbocycles. The monoisotopic (exact) mass is 266 g/mol. The van der Waals surface area contributed by atoms with Crippen LogP contribution in [-0.4, -0.2) is 48.2 Å². The van der Waals surface area contributed by atoms with Gasteiger partial charge in [0, 0.05) is 5.75 Å². The van der Waals surface area contributed by atoms with Crippen LogP contribution in [0.1, 0.15) is 0 Å².